The summed E-state index contributed by atoms with van der Waals surface area (Å²) in [5.41, 5.74) is 1.05. The summed E-state index contributed by atoms with van der Waals surface area (Å²) in [6, 6.07) is 5.94. The SMILES string of the molecule is CCOc1ccc(CCC(=O)NC2CCN(C(=O)CC(C)(C)C)CC2)cc1OC. The van der Waals surface area contributed by atoms with E-state index in [1.165, 1.54) is 0 Å². The lowest BCUT2D eigenvalue weighted by Gasteiger charge is -2.34. The molecule has 1 fully saturated rings. The fourth-order valence-electron chi connectivity index (χ4n) is 3.54. The molecule has 0 atom stereocenters. The number of amides is 2. The van der Waals surface area contributed by atoms with Gasteiger partial charge in [-0.1, -0.05) is 26.8 Å². The third-order valence-corrected chi connectivity index (χ3v) is 5.06. The Kier molecular flexibility index (Phi) is 8.35. The molecule has 0 aliphatic carbocycles. The molecule has 1 aromatic rings. The average Bonchev–Trinajstić information content (AvgIpc) is 2.66. The maximum atomic E-state index is 12.4. The molecule has 162 valence electrons. The number of ether oxygens (including phenoxy) is 2. The number of nitrogens with one attached hydrogen (secondary N) is 1. The molecule has 0 aromatic heterocycles. The number of hydrogen-bond acceptors (Lipinski definition) is 4. The predicted octanol–water partition coefficient (Wildman–Crippen LogP) is 3.57. The zero-order chi connectivity index (χ0) is 21.4. The van der Waals surface area contributed by atoms with E-state index in [1.54, 1.807) is 7.11 Å². The first-order chi connectivity index (χ1) is 13.7. The van der Waals surface area contributed by atoms with E-state index in [9.17, 15) is 9.59 Å². The largest absolute Gasteiger partial charge is 0.493 e. The van der Waals surface area contributed by atoms with Crippen LogP contribution in [0.1, 0.15) is 58.9 Å². The lowest BCUT2D eigenvalue weighted by Crippen LogP contribution is -2.47. The summed E-state index contributed by atoms with van der Waals surface area (Å²) in [5.74, 6) is 1.68. The minimum absolute atomic E-state index is 0.00565. The van der Waals surface area contributed by atoms with E-state index in [0.717, 1.165) is 37.2 Å². The molecule has 6 heteroatoms. The highest BCUT2D eigenvalue weighted by atomic mass is 16.5. The Morgan fingerprint density at radius 1 is 1.17 bits per heavy atom. The van der Waals surface area contributed by atoms with Crippen LogP contribution < -0.4 is 14.8 Å². The molecule has 2 amide bonds. The second kappa shape index (κ2) is 10.5. The van der Waals surface area contributed by atoms with Crippen LogP contribution in [0.5, 0.6) is 11.5 Å². The Morgan fingerprint density at radius 2 is 1.86 bits per heavy atom. The van der Waals surface area contributed by atoms with Crippen LogP contribution in [0, 0.1) is 5.41 Å². The van der Waals surface area contributed by atoms with Gasteiger partial charge in [-0.15, -0.1) is 0 Å². The van der Waals surface area contributed by atoms with Crippen molar-refractivity contribution in [3.63, 3.8) is 0 Å². The van der Waals surface area contributed by atoms with Crippen molar-refractivity contribution in [1.29, 1.82) is 0 Å². The number of benzene rings is 1. The number of piperidine rings is 1. The van der Waals surface area contributed by atoms with Gasteiger partial charge in [-0.05, 0) is 49.3 Å². The number of aryl methyl sites for hydroxylation is 1. The summed E-state index contributed by atoms with van der Waals surface area (Å²) in [5, 5.41) is 3.12. The zero-order valence-corrected chi connectivity index (χ0v) is 18.5. The van der Waals surface area contributed by atoms with Crippen LogP contribution in [-0.4, -0.2) is 49.6 Å². The first kappa shape index (κ1) is 23.0. The van der Waals surface area contributed by atoms with Gasteiger partial charge in [-0.3, -0.25) is 9.59 Å². The first-order valence-electron chi connectivity index (χ1n) is 10.6. The minimum Gasteiger partial charge on any atom is -0.493 e. The molecule has 0 spiro atoms. The van der Waals surface area contributed by atoms with Gasteiger partial charge in [-0.2, -0.15) is 0 Å². The van der Waals surface area contributed by atoms with Gasteiger partial charge in [0.15, 0.2) is 11.5 Å². The van der Waals surface area contributed by atoms with Crippen LogP contribution in [0.2, 0.25) is 0 Å². The van der Waals surface area contributed by atoms with E-state index in [1.807, 2.05) is 30.0 Å². The lowest BCUT2D eigenvalue weighted by molar-refractivity contribution is -0.134. The highest BCUT2D eigenvalue weighted by molar-refractivity contribution is 5.77. The van der Waals surface area contributed by atoms with Crippen molar-refractivity contribution >= 4 is 11.8 Å². The Hall–Kier alpha value is -2.24. The summed E-state index contributed by atoms with van der Waals surface area (Å²) >= 11 is 0. The molecule has 2 rings (SSSR count). The van der Waals surface area contributed by atoms with Gasteiger partial charge in [0.25, 0.3) is 0 Å². The topological polar surface area (TPSA) is 67.9 Å². The van der Waals surface area contributed by atoms with Crippen molar-refractivity contribution in [2.24, 2.45) is 5.41 Å². The second-order valence-electron chi connectivity index (χ2n) is 8.88. The smallest absolute Gasteiger partial charge is 0.223 e. The van der Waals surface area contributed by atoms with Gasteiger partial charge in [0, 0.05) is 32.0 Å². The Bertz CT molecular complexity index is 689. The van der Waals surface area contributed by atoms with Gasteiger partial charge >= 0.3 is 0 Å². The molecule has 0 saturated carbocycles. The summed E-state index contributed by atoms with van der Waals surface area (Å²) in [6.45, 7) is 10.2. The fraction of sp³-hybridized carbons (Fsp3) is 0.652. The Balaban J connectivity index is 1.76. The van der Waals surface area contributed by atoms with Crippen molar-refractivity contribution < 1.29 is 19.1 Å². The third-order valence-electron chi connectivity index (χ3n) is 5.06. The summed E-state index contributed by atoms with van der Waals surface area (Å²) < 4.78 is 10.9. The Labute approximate surface area is 174 Å². The third kappa shape index (κ3) is 7.59. The monoisotopic (exact) mass is 404 g/mol. The summed E-state index contributed by atoms with van der Waals surface area (Å²) in [7, 11) is 1.62. The van der Waals surface area contributed by atoms with Crippen LogP contribution in [0.4, 0.5) is 0 Å². The number of nitrogens with zero attached hydrogens (tertiary/aromatic N) is 1. The van der Waals surface area contributed by atoms with Crippen molar-refractivity contribution in [3.05, 3.63) is 23.8 Å². The Morgan fingerprint density at radius 3 is 2.45 bits per heavy atom. The highest BCUT2D eigenvalue weighted by Crippen LogP contribution is 2.28. The van der Waals surface area contributed by atoms with Crippen LogP contribution >= 0.6 is 0 Å². The zero-order valence-electron chi connectivity index (χ0n) is 18.5. The van der Waals surface area contributed by atoms with Crippen molar-refractivity contribution in [2.45, 2.75) is 65.8 Å². The lowest BCUT2D eigenvalue weighted by atomic mass is 9.91. The van der Waals surface area contributed by atoms with Gasteiger partial charge < -0.3 is 19.7 Å². The highest BCUT2D eigenvalue weighted by Gasteiger charge is 2.26. The van der Waals surface area contributed by atoms with E-state index in [4.69, 9.17) is 9.47 Å². The molecule has 1 aliphatic heterocycles. The van der Waals surface area contributed by atoms with Crippen LogP contribution in [0.15, 0.2) is 18.2 Å². The van der Waals surface area contributed by atoms with Gasteiger partial charge in [-0.25, -0.2) is 0 Å². The fourth-order valence-corrected chi connectivity index (χ4v) is 3.54. The molecular weight excluding hydrogens is 368 g/mol. The minimum atomic E-state index is 0.00565. The number of hydrogen-bond donors (Lipinski definition) is 1. The van der Waals surface area contributed by atoms with Crippen LogP contribution in [0.25, 0.3) is 0 Å². The molecular formula is C23H36N2O4. The van der Waals surface area contributed by atoms with Crippen LogP contribution in [-0.2, 0) is 16.0 Å². The number of likely N-dealkylation sites (tertiary alicyclic amines) is 1. The second-order valence-corrected chi connectivity index (χ2v) is 8.88. The molecule has 0 unspecified atom stereocenters. The summed E-state index contributed by atoms with van der Waals surface area (Å²) in [4.78, 5) is 26.6. The van der Waals surface area contributed by atoms with E-state index in [0.29, 0.717) is 31.6 Å². The molecule has 0 bridgehead atoms. The number of rotatable bonds is 8. The standard InChI is InChI=1S/C23H36N2O4/c1-6-29-19-9-7-17(15-20(19)28-5)8-10-21(26)24-18-11-13-25(14-12-18)22(27)16-23(2,3)4/h7,9,15,18H,6,8,10-14,16H2,1-5H3,(H,24,26). The molecule has 0 radical (unpaired) electrons. The molecule has 1 aromatic carbocycles. The molecule has 1 heterocycles. The van der Waals surface area contributed by atoms with Gasteiger partial charge in [0.05, 0.1) is 13.7 Å². The van der Waals surface area contributed by atoms with Gasteiger partial charge in [0.2, 0.25) is 11.8 Å². The van der Waals surface area contributed by atoms with Crippen LogP contribution in [0.3, 0.4) is 0 Å². The van der Waals surface area contributed by atoms with Gasteiger partial charge in [0.1, 0.15) is 0 Å². The van der Waals surface area contributed by atoms with E-state index < -0.39 is 0 Å². The molecule has 6 nitrogen and oxygen atoms in total. The quantitative estimate of drug-likeness (QED) is 0.719. The maximum Gasteiger partial charge on any atom is 0.223 e. The molecule has 1 aliphatic rings. The number of carbonyl (C=O) groups is 2. The van der Waals surface area contributed by atoms with E-state index in [2.05, 4.69) is 26.1 Å². The first-order valence-corrected chi connectivity index (χ1v) is 10.6. The summed E-state index contributed by atoms with van der Waals surface area (Å²) in [6.07, 6.45) is 3.28. The van der Waals surface area contributed by atoms with Crippen molar-refractivity contribution in [2.75, 3.05) is 26.8 Å². The van der Waals surface area contributed by atoms with Crippen molar-refractivity contribution in [3.8, 4) is 11.5 Å². The number of methoxy groups -OCH3 is 1. The molecule has 29 heavy (non-hydrogen) atoms. The van der Waals surface area contributed by atoms with E-state index >= 15 is 0 Å². The molecule has 1 N–H and O–H groups in total. The molecule has 1 saturated heterocycles. The normalized spacial score (nSPS) is 15.1. The number of carbonyl (C=O) groups excluding carboxylic acids is 2. The maximum absolute atomic E-state index is 12.4. The van der Waals surface area contributed by atoms with Crippen molar-refractivity contribution in [1.82, 2.24) is 10.2 Å². The average molecular weight is 405 g/mol. The predicted molar refractivity (Wildman–Crippen MR) is 114 cm³/mol. The van der Waals surface area contributed by atoms with E-state index in [-0.39, 0.29) is 23.3 Å².